The Balaban J connectivity index is 2.12. The molecule has 2 heterocycles. The molecule has 0 amide bonds. The number of aliphatic hydroxyl groups excluding tert-OH is 1. The Morgan fingerprint density at radius 3 is 2.82 bits per heavy atom. The molecule has 2 atom stereocenters. The number of nitro groups is 1. The largest absolute Gasteiger partial charge is 0.485 e. The Bertz CT molecular complexity index is 646. The maximum Gasteiger partial charge on any atom is 0.270 e. The molecule has 7 heteroatoms. The van der Waals surface area contributed by atoms with E-state index in [1.807, 2.05) is 18.7 Å². The smallest absolute Gasteiger partial charge is 0.270 e. The summed E-state index contributed by atoms with van der Waals surface area (Å²) in [6.45, 7) is 4.38. The second kappa shape index (κ2) is 5.17. The first-order valence-electron chi connectivity index (χ1n) is 7.26. The van der Waals surface area contributed by atoms with Gasteiger partial charge < -0.3 is 14.7 Å². The summed E-state index contributed by atoms with van der Waals surface area (Å²) in [4.78, 5) is 13.4. The summed E-state index contributed by atoms with van der Waals surface area (Å²) >= 11 is 5.40. The van der Waals surface area contributed by atoms with Crippen LogP contribution in [0.2, 0.25) is 0 Å². The number of rotatable bonds is 2. The van der Waals surface area contributed by atoms with Crippen molar-refractivity contribution in [2.45, 2.75) is 44.4 Å². The molecule has 3 rings (SSSR count). The molecule has 1 aromatic rings. The number of nitro benzene ring substituents is 1. The highest BCUT2D eigenvalue weighted by Gasteiger charge is 2.47. The lowest BCUT2D eigenvalue weighted by molar-refractivity contribution is -0.385. The van der Waals surface area contributed by atoms with Crippen LogP contribution in [-0.4, -0.2) is 38.2 Å². The van der Waals surface area contributed by atoms with Crippen LogP contribution in [0.4, 0.5) is 5.69 Å². The number of fused-ring (bicyclic) bond motifs is 1. The van der Waals surface area contributed by atoms with Crippen molar-refractivity contribution in [1.82, 2.24) is 4.90 Å². The van der Waals surface area contributed by atoms with Gasteiger partial charge in [0.05, 0.1) is 16.0 Å². The van der Waals surface area contributed by atoms with Gasteiger partial charge in [-0.25, -0.2) is 0 Å². The lowest BCUT2D eigenvalue weighted by atomic mass is 9.85. The monoisotopic (exact) mass is 322 g/mol. The highest BCUT2D eigenvalue weighted by atomic mass is 32.1. The van der Waals surface area contributed by atoms with Gasteiger partial charge in [-0.15, -0.1) is 0 Å². The van der Waals surface area contributed by atoms with Crippen LogP contribution in [0.15, 0.2) is 18.2 Å². The van der Waals surface area contributed by atoms with Crippen LogP contribution >= 0.6 is 12.2 Å². The van der Waals surface area contributed by atoms with Crippen molar-refractivity contribution in [3.8, 4) is 5.75 Å². The zero-order chi connectivity index (χ0) is 16.1. The minimum absolute atomic E-state index is 0.00984. The van der Waals surface area contributed by atoms with Crippen LogP contribution in [-0.2, 0) is 0 Å². The molecule has 1 aromatic carbocycles. The van der Waals surface area contributed by atoms with E-state index >= 15 is 0 Å². The molecule has 0 unspecified atom stereocenters. The van der Waals surface area contributed by atoms with E-state index < -0.39 is 22.7 Å². The normalized spacial score (nSPS) is 26.5. The number of benzene rings is 1. The van der Waals surface area contributed by atoms with E-state index in [9.17, 15) is 15.2 Å². The summed E-state index contributed by atoms with van der Waals surface area (Å²) < 4.78 is 5.85. The predicted molar refractivity (Wildman–Crippen MR) is 85.1 cm³/mol. The fourth-order valence-corrected chi connectivity index (χ4v) is 3.52. The molecular formula is C15H18N2O4S. The minimum Gasteiger partial charge on any atom is -0.485 e. The van der Waals surface area contributed by atoms with Crippen molar-refractivity contribution in [3.63, 3.8) is 0 Å². The molecule has 2 aliphatic rings. The number of non-ortho nitro benzene ring substituents is 1. The van der Waals surface area contributed by atoms with Crippen molar-refractivity contribution in [2.75, 3.05) is 6.54 Å². The average Bonchev–Trinajstić information content (AvgIpc) is 2.85. The molecule has 0 spiro atoms. The molecule has 1 fully saturated rings. The number of hydrogen-bond acceptors (Lipinski definition) is 5. The van der Waals surface area contributed by atoms with Gasteiger partial charge in [0, 0.05) is 24.2 Å². The number of hydrogen-bond donors (Lipinski definition) is 1. The standard InChI is InChI=1S/C15H18N2O4S/c1-15(2)14(18)13(16-7-3-4-12(16)22)10-8-9(17(19)20)5-6-11(10)21-15/h5-6,8,13-14,18H,3-4,7H2,1-2H3/t13-,14+/m1/s1. The molecule has 1 N–H and O–H groups in total. The first-order valence-corrected chi connectivity index (χ1v) is 7.67. The summed E-state index contributed by atoms with van der Waals surface area (Å²) in [6, 6.07) is 4.10. The van der Waals surface area contributed by atoms with E-state index in [0.717, 1.165) is 24.4 Å². The maximum absolute atomic E-state index is 11.1. The summed E-state index contributed by atoms with van der Waals surface area (Å²) in [5.41, 5.74) is -0.166. The number of nitrogens with zero attached hydrogens (tertiary/aromatic N) is 2. The zero-order valence-corrected chi connectivity index (χ0v) is 13.3. The Morgan fingerprint density at radius 2 is 2.23 bits per heavy atom. The molecule has 1 saturated heterocycles. The second-order valence-corrected chi connectivity index (χ2v) is 6.74. The molecule has 118 valence electrons. The van der Waals surface area contributed by atoms with Crippen molar-refractivity contribution < 1.29 is 14.8 Å². The van der Waals surface area contributed by atoms with Gasteiger partial charge in [-0.05, 0) is 32.8 Å². The Hall–Kier alpha value is -1.73. The number of ether oxygens (including phenoxy) is 1. The van der Waals surface area contributed by atoms with Gasteiger partial charge in [-0.3, -0.25) is 10.1 Å². The molecule has 2 aliphatic heterocycles. The van der Waals surface area contributed by atoms with E-state index in [0.29, 0.717) is 11.3 Å². The van der Waals surface area contributed by atoms with Gasteiger partial charge in [-0.2, -0.15) is 0 Å². The van der Waals surface area contributed by atoms with Gasteiger partial charge in [0.15, 0.2) is 0 Å². The van der Waals surface area contributed by atoms with Crippen LogP contribution < -0.4 is 4.74 Å². The molecule has 6 nitrogen and oxygen atoms in total. The van der Waals surface area contributed by atoms with Crippen molar-refractivity contribution in [1.29, 1.82) is 0 Å². The predicted octanol–water partition coefficient (Wildman–Crippen LogP) is 2.59. The van der Waals surface area contributed by atoms with Gasteiger partial charge in [0.1, 0.15) is 17.5 Å². The number of likely N-dealkylation sites (tertiary alicyclic amines) is 1. The fourth-order valence-electron chi connectivity index (χ4n) is 3.17. The molecule has 22 heavy (non-hydrogen) atoms. The van der Waals surface area contributed by atoms with Gasteiger partial charge in [0.2, 0.25) is 0 Å². The third kappa shape index (κ3) is 2.34. The third-order valence-electron chi connectivity index (χ3n) is 4.35. The summed E-state index contributed by atoms with van der Waals surface area (Å²) in [7, 11) is 0. The van der Waals surface area contributed by atoms with E-state index in [1.165, 1.54) is 12.1 Å². The number of thiocarbonyl (C=S) groups is 1. The van der Waals surface area contributed by atoms with E-state index in [-0.39, 0.29) is 5.69 Å². The first-order chi connectivity index (χ1) is 10.3. The van der Waals surface area contributed by atoms with Crippen LogP contribution in [0.1, 0.15) is 38.3 Å². The van der Waals surface area contributed by atoms with Gasteiger partial charge in [0.25, 0.3) is 5.69 Å². The lowest BCUT2D eigenvalue weighted by Gasteiger charge is -2.45. The highest BCUT2D eigenvalue weighted by molar-refractivity contribution is 7.80. The van der Waals surface area contributed by atoms with Gasteiger partial charge in [-0.1, -0.05) is 12.2 Å². The van der Waals surface area contributed by atoms with Crippen LogP contribution in [0.25, 0.3) is 0 Å². The van der Waals surface area contributed by atoms with E-state index in [1.54, 1.807) is 6.07 Å². The summed E-state index contributed by atoms with van der Waals surface area (Å²) in [5, 5.41) is 21.8. The highest BCUT2D eigenvalue weighted by Crippen LogP contribution is 2.45. The fraction of sp³-hybridized carbons (Fsp3) is 0.533. The first kappa shape index (κ1) is 15.2. The third-order valence-corrected chi connectivity index (χ3v) is 4.79. The molecule has 0 aromatic heterocycles. The molecule has 0 radical (unpaired) electrons. The molecule has 0 aliphatic carbocycles. The second-order valence-electron chi connectivity index (χ2n) is 6.27. The van der Waals surface area contributed by atoms with E-state index in [2.05, 4.69) is 0 Å². The Labute approximate surface area is 133 Å². The maximum atomic E-state index is 11.1. The Morgan fingerprint density at radius 1 is 1.50 bits per heavy atom. The summed E-state index contributed by atoms with van der Waals surface area (Å²) in [6.07, 6.45) is 0.926. The van der Waals surface area contributed by atoms with Crippen molar-refractivity contribution in [2.24, 2.45) is 0 Å². The van der Waals surface area contributed by atoms with E-state index in [4.69, 9.17) is 17.0 Å². The molecule has 0 saturated carbocycles. The van der Waals surface area contributed by atoms with Crippen LogP contribution in [0, 0.1) is 10.1 Å². The number of aliphatic hydroxyl groups is 1. The molecular weight excluding hydrogens is 304 g/mol. The topological polar surface area (TPSA) is 75.8 Å². The van der Waals surface area contributed by atoms with Gasteiger partial charge >= 0.3 is 0 Å². The quantitative estimate of drug-likeness (QED) is 0.512. The minimum atomic E-state index is -0.821. The van der Waals surface area contributed by atoms with Crippen molar-refractivity contribution in [3.05, 3.63) is 33.9 Å². The van der Waals surface area contributed by atoms with Crippen LogP contribution in [0.3, 0.4) is 0 Å². The SMILES string of the molecule is CC1(C)Oc2ccc([N+](=O)[O-])cc2[C@@H](N2CCCC2=S)[C@@H]1O. The van der Waals surface area contributed by atoms with Crippen LogP contribution in [0.5, 0.6) is 5.75 Å². The van der Waals surface area contributed by atoms with Crippen molar-refractivity contribution >= 4 is 22.9 Å². The average molecular weight is 322 g/mol. The molecule has 0 bridgehead atoms. The lowest BCUT2D eigenvalue weighted by Crippen LogP contribution is -2.53. The Kier molecular flexibility index (Phi) is 3.57. The zero-order valence-electron chi connectivity index (χ0n) is 12.5. The summed E-state index contributed by atoms with van der Waals surface area (Å²) in [5.74, 6) is 0.570.